The van der Waals surface area contributed by atoms with E-state index in [1.807, 2.05) is 0 Å². The summed E-state index contributed by atoms with van der Waals surface area (Å²) in [5.41, 5.74) is 6.25. The zero-order chi connectivity index (χ0) is 13.6. The Morgan fingerprint density at radius 2 is 2.17 bits per heavy atom. The standard InChI is InChI=1S/C12H17NO3S2/c1-2-18(14,15)8-4-7-16-11-6-3-5-10(9-11)12(13)17/h3,5-6,9H,2,4,7-8H2,1H3,(H2,13,17). The third kappa shape index (κ3) is 5.01. The highest BCUT2D eigenvalue weighted by Crippen LogP contribution is 2.13. The fourth-order valence-electron chi connectivity index (χ4n) is 1.35. The normalized spacial score (nSPS) is 11.2. The summed E-state index contributed by atoms with van der Waals surface area (Å²) in [6, 6.07) is 7.14. The van der Waals surface area contributed by atoms with E-state index in [0.29, 0.717) is 23.8 Å². The second-order valence-electron chi connectivity index (χ2n) is 3.83. The number of sulfone groups is 1. The summed E-state index contributed by atoms with van der Waals surface area (Å²) in [7, 11) is -2.92. The molecule has 1 aromatic carbocycles. The lowest BCUT2D eigenvalue weighted by molar-refractivity contribution is 0.317. The predicted molar refractivity (Wildman–Crippen MR) is 76.8 cm³/mol. The molecular weight excluding hydrogens is 270 g/mol. The van der Waals surface area contributed by atoms with Crippen LogP contribution in [0.4, 0.5) is 0 Å². The van der Waals surface area contributed by atoms with Crippen molar-refractivity contribution in [3.05, 3.63) is 29.8 Å². The molecule has 1 rings (SSSR count). The van der Waals surface area contributed by atoms with Crippen molar-refractivity contribution < 1.29 is 13.2 Å². The smallest absolute Gasteiger partial charge is 0.150 e. The molecule has 6 heteroatoms. The molecule has 0 fully saturated rings. The minimum Gasteiger partial charge on any atom is -0.494 e. The van der Waals surface area contributed by atoms with Gasteiger partial charge in [0, 0.05) is 11.3 Å². The maximum atomic E-state index is 11.3. The van der Waals surface area contributed by atoms with E-state index < -0.39 is 9.84 Å². The zero-order valence-corrected chi connectivity index (χ0v) is 11.9. The number of rotatable bonds is 7. The first-order valence-corrected chi connectivity index (χ1v) is 7.90. The Kier molecular flexibility index (Phi) is 5.55. The van der Waals surface area contributed by atoms with Crippen LogP contribution in [0.15, 0.2) is 24.3 Å². The van der Waals surface area contributed by atoms with Crippen molar-refractivity contribution in [3.8, 4) is 5.75 Å². The van der Waals surface area contributed by atoms with Gasteiger partial charge in [-0.1, -0.05) is 31.3 Å². The van der Waals surface area contributed by atoms with Gasteiger partial charge in [0.15, 0.2) is 0 Å². The highest BCUT2D eigenvalue weighted by Gasteiger charge is 2.06. The third-order valence-electron chi connectivity index (χ3n) is 2.43. The molecule has 4 nitrogen and oxygen atoms in total. The minimum absolute atomic E-state index is 0.151. The molecule has 0 radical (unpaired) electrons. The van der Waals surface area contributed by atoms with Crippen molar-refractivity contribution in [1.29, 1.82) is 0 Å². The average molecular weight is 287 g/mol. The third-order valence-corrected chi connectivity index (χ3v) is 4.45. The van der Waals surface area contributed by atoms with Gasteiger partial charge in [-0.25, -0.2) is 8.42 Å². The number of nitrogens with two attached hydrogens (primary N) is 1. The first kappa shape index (κ1) is 14.9. The van der Waals surface area contributed by atoms with E-state index in [1.165, 1.54) is 0 Å². The van der Waals surface area contributed by atoms with Crippen molar-refractivity contribution in [2.75, 3.05) is 18.1 Å². The molecule has 18 heavy (non-hydrogen) atoms. The van der Waals surface area contributed by atoms with Crippen LogP contribution in [0.3, 0.4) is 0 Å². The quantitative estimate of drug-likeness (QED) is 0.608. The molecule has 0 amide bonds. The zero-order valence-electron chi connectivity index (χ0n) is 10.3. The molecule has 2 N–H and O–H groups in total. The van der Waals surface area contributed by atoms with Gasteiger partial charge < -0.3 is 10.5 Å². The fraction of sp³-hybridized carbons (Fsp3) is 0.417. The summed E-state index contributed by atoms with van der Waals surface area (Å²) in [4.78, 5) is 0.314. The molecule has 0 aromatic heterocycles. The van der Waals surface area contributed by atoms with Gasteiger partial charge >= 0.3 is 0 Å². The summed E-state index contributed by atoms with van der Waals surface area (Å²) >= 11 is 4.86. The molecule has 0 heterocycles. The molecule has 0 saturated heterocycles. The molecule has 0 aliphatic heterocycles. The molecule has 0 bridgehead atoms. The number of hydrogen-bond donors (Lipinski definition) is 1. The van der Waals surface area contributed by atoms with Crippen molar-refractivity contribution in [2.45, 2.75) is 13.3 Å². The maximum absolute atomic E-state index is 11.3. The van der Waals surface area contributed by atoms with Crippen LogP contribution in [0.2, 0.25) is 0 Å². The van der Waals surface area contributed by atoms with Crippen LogP contribution in [0.5, 0.6) is 5.75 Å². The first-order chi connectivity index (χ1) is 8.44. The van der Waals surface area contributed by atoms with E-state index in [0.717, 1.165) is 5.56 Å². The van der Waals surface area contributed by atoms with Crippen molar-refractivity contribution >= 4 is 27.0 Å². The van der Waals surface area contributed by atoms with Crippen molar-refractivity contribution in [2.24, 2.45) is 5.73 Å². The van der Waals surface area contributed by atoms with Crippen LogP contribution in [-0.4, -0.2) is 31.5 Å². The molecule has 0 atom stereocenters. The second kappa shape index (κ2) is 6.70. The lowest BCUT2D eigenvalue weighted by Gasteiger charge is -2.07. The summed E-state index contributed by atoms with van der Waals surface area (Å²) in [5.74, 6) is 0.969. The lowest BCUT2D eigenvalue weighted by Crippen LogP contribution is -2.12. The number of hydrogen-bond acceptors (Lipinski definition) is 4. The fourth-order valence-corrected chi connectivity index (χ4v) is 2.33. The second-order valence-corrected chi connectivity index (χ2v) is 6.74. The van der Waals surface area contributed by atoms with Crippen LogP contribution in [0.25, 0.3) is 0 Å². The van der Waals surface area contributed by atoms with E-state index in [4.69, 9.17) is 22.7 Å². The first-order valence-electron chi connectivity index (χ1n) is 5.67. The topological polar surface area (TPSA) is 69.4 Å². The van der Waals surface area contributed by atoms with Crippen LogP contribution in [-0.2, 0) is 9.84 Å². The Labute approximate surface area is 113 Å². The Morgan fingerprint density at radius 3 is 2.78 bits per heavy atom. The van der Waals surface area contributed by atoms with Crippen LogP contribution in [0.1, 0.15) is 18.9 Å². The van der Waals surface area contributed by atoms with E-state index in [1.54, 1.807) is 31.2 Å². The number of ether oxygens (including phenoxy) is 1. The predicted octanol–water partition coefficient (Wildman–Crippen LogP) is 1.52. The lowest BCUT2D eigenvalue weighted by atomic mass is 10.2. The maximum Gasteiger partial charge on any atom is 0.150 e. The van der Waals surface area contributed by atoms with Crippen molar-refractivity contribution in [1.82, 2.24) is 0 Å². The molecule has 0 aliphatic rings. The number of benzene rings is 1. The largest absolute Gasteiger partial charge is 0.494 e. The van der Waals surface area contributed by atoms with Gasteiger partial charge in [0.25, 0.3) is 0 Å². The minimum atomic E-state index is -2.92. The van der Waals surface area contributed by atoms with E-state index >= 15 is 0 Å². The van der Waals surface area contributed by atoms with Crippen LogP contribution < -0.4 is 10.5 Å². The SMILES string of the molecule is CCS(=O)(=O)CCCOc1cccc(C(N)=S)c1. The Bertz CT molecular complexity index is 512. The molecule has 100 valence electrons. The summed E-state index contributed by atoms with van der Waals surface area (Å²) in [6.45, 7) is 2.00. The summed E-state index contributed by atoms with van der Waals surface area (Å²) in [5, 5.41) is 0. The van der Waals surface area contributed by atoms with E-state index in [-0.39, 0.29) is 11.5 Å². The number of thiocarbonyl (C=S) groups is 1. The summed E-state index contributed by atoms with van der Waals surface area (Å²) < 4.78 is 28.0. The van der Waals surface area contributed by atoms with E-state index in [9.17, 15) is 8.42 Å². The Morgan fingerprint density at radius 1 is 1.44 bits per heavy atom. The van der Waals surface area contributed by atoms with Gasteiger partial charge in [-0.3, -0.25) is 0 Å². The molecule has 1 aromatic rings. The molecule has 0 unspecified atom stereocenters. The van der Waals surface area contributed by atoms with Gasteiger partial charge in [-0.2, -0.15) is 0 Å². The van der Waals surface area contributed by atoms with Gasteiger partial charge in [-0.15, -0.1) is 0 Å². The van der Waals surface area contributed by atoms with Gasteiger partial charge in [-0.05, 0) is 18.6 Å². The molecule has 0 saturated carbocycles. The molecular formula is C12H17NO3S2. The highest BCUT2D eigenvalue weighted by molar-refractivity contribution is 7.91. The summed E-state index contributed by atoms with van der Waals surface area (Å²) in [6.07, 6.45) is 0.480. The van der Waals surface area contributed by atoms with Crippen LogP contribution in [0, 0.1) is 0 Å². The van der Waals surface area contributed by atoms with E-state index in [2.05, 4.69) is 0 Å². The highest BCUT2D eigenvalue weighted by atomic mass is 32.2. The average Bonchev–Trinajstić information content (AvgIpc) is 2.35. The van der Waals surface area contributed by atoms with Gasteiger partial charge in [0.2, 0.25) is 0 Å². The monoisotopic (exact) mass is 287 g/mol. The Hall–Kier alpha value is -1.14. The Balaban J connectivity index is 2.45. The van der Waals surface area contributed by atoms with Crippen molar-refractivity contribution in [3.63, 3.8) is 0 Å². The molecule has 0 aliphatic carbocycles. The molecule has 0 spiro atoms. The van der Waals surface area contributed by atoms with Gasteiger partial charge in [0.05, 0.1) is 12.4 Å². The van der Waals surface area contributed by atoms with Gasteiger partial charge in [0.1, 0.15) is 20.6 Å². The van der Waals surface area contributed by atoms with Crippen LogP contribution >= 0.6 is 12.2 Å².